The lowest BCUT2D eigenvalue weighted by Crippen LogP contribution is -2.46. The number of carboxylic acids is 1. The number of alkyl halides is 6. The number of benzene rings is 1. The smallest absolute Gasteiger partial charge is 0.475 e. The Labute approximate surface area is 249 Å². The van der Waals surface area contributed by atoms with Crippen molar-refractivity contribution >= 4 is 25.5 Å². The molecule has 0 saturated carbocycles. The van der Waals surface area contributed by atoms with Gasteiger partial charge in [-0.2, -0.15) is 36.4 Å². The normalized spacial score (nSPS) is 23.7. The second kappa shape index (κ2) is 14.1. The first-order chi connectivity index (χ1) is 20.5. The number of aliphatic hydroxyl groups is 2. The van der Waals surface area contributed by atoms with Gasteiger partial charge in [0.2, 0.25) is 0 Å². The largest absolute Gasteiger partial charge is 0.490 e. The van der Waals surface area contributed by atoms with Gasteiger partial charge in [0.1, 0.15) is 35.4 Å². The third kappa shape index (κ3) is 9.87. The monoisotopic (exact) mass is 680 g/mol. The van der Waals surface area contributed by atoms with E-state index in [4.69, 9.17) is 29.4 Å². The van der Waals surface area contributed by atoms with E-state index in [1.807, 2.05) is 0 Å². The molecule has 15 nitrogen and oxygen atoms in total. The van der Waals surface area contributed by atoms with E-state index in [1.165, 1.54) is 26.1 Å². The van der Waals surface area contributed by atoms with Crippen LogP contribution >= 0.6 is 7.75 Å². The Morgan fingerprint density at radius 1 is 1.20 bits per heavy atom. The summed E-state index contributed by atoms with van der Waals surface area (Å²) in [7, 11) is -3.48. The molecule has 6 atom stereocenters. The van der Waals surface area contributed by atoms with Gasteiger partial charge in [-0.05, 0) is 44.2 Å². The molecule has 1 fully saturated rings. The number of anilines is 1. The molecule has 0 aliphatic carbocycles. The van der Waals surface area contributed by atoms with E-state index in [2.05, 4.69) is 14.8 Å². The van der Waals surface area contributed by atoms with Crippen LogP contribution in [-0.4, -0.2) is 80.6 Å². The molecule has 1 aromatic heterocycles. The van der Waals surface area contributed by atoms with E-state index in [0.29, 0.717) is 12.1 Å². The van der Waals surface area contributed by atoms with E-state index in [9.17, 15) is 50.7 Å². The van der Waals surface area contributed by atoms with Gasteiger partial charge in [0.15, 0.2) is 6.23 Å². The van der Waals surface area contributed by atoms with Crippen molar-refractivity contribution in [2.45, 2.75) is 56.3 Å². The van der Waals surface area contributed by atoms with Crippen LogP contribution < -0.4 is 21.0 Å². The molecule has 1 aliphatic rings. The van der Waals surface area contributed by atoms with E-state index in [1.54, 1.807) is 0 Å². The number of methoxy groups -OCH3 is 1. The molecule has 1 aromatic carbocycles. The van der Waals surface area contributed by atoms with E-state index in [-0.39, 0.29) is 11.6 Å². The molecule has 2 aromatic rings. The molecule has 0 spiro atoms. The molecule has 45 heavy (non-hydrogen) atoms. The van der Waals surface area contributed by atoms with Crippen LogP contribution in [0.2, 0.25) is 0 Å². The highest BCUT2D eigenvalue weighted by Crippen LogP contribution is 2.47. The van der Waals surface area contributed by atoms with Crippen LogP contribution in [0, 0.1) is 0 Å². The summed E-state index contributed by atoms with van der Waals surface area (Å²) in [6, 6.07) is 3.17. The Kier molecular flexibility index (Phi) is 11.8. The van der Waals surface area contributed by atoms with Crippen molar-refractivity contribution < 1.29 is 74.3 Å². The van der Waals surface area contributed by atoms with Crippen molar-refractivity contribution in [2.75, 3.05) is 19.5 Å². The molecule has 1 aliphatic heterocycles. The zero-order valence-corrected chi connectivity index (χ0v) is 24.2. The third-order valence-electron chi connectivity index (χ3n) is 5.82. The Morgan fingerprint density at radius 2 is 1.76 bits per heavy atom. The minimum Gasteiger partial charge on any atom is -0.475 e. The molecule has 0 bridgehead atoms. The lowest BCUT2D eigenvalue weighted by Gasteiger charge is -2.27. The van der Waals surface area contributed by atoms with Crippen LogP contribution in [-0.2, 0) is 34.3 Å². The van der Waals surface area contributed by atoms with Crippen LogP contribution in [0.1, 0.15) is 25.6 Å². The summed E-state index contributed by atoms with van der Waals surface area (Å²) in [5, 5.41) is 30.9. The molecule has 0 amide bonds. The van der Waals surface area contributed by atoms with Crippen LogP contribution in [0.3, 0.4) is 0 Å². The Morgan fingerprint density at radius 3 is 2.22 bits per heavy atom. The van der Waals surface area contributed by atoms with Crippen molar-refractivity contribution in [3.05, 3.63) is 52.6 Å². The SMILES string of the molecule is COC(=O)[C@H](C)NP(=O)(OC[C@H]1O[C@@H](n2ccc(N)nc2=O)[C@](C)(O)[C@@H]1O)Oc1ccc(C(F)(F)F)cc1.O=C(O)C(F)(F)F. The molecule has 252 valence electrons. The van der Waals surface area contributed by atoms with Gasteiger partial charge in [0, 0.05) is 6.20 Å². The predicted molar refractivity (Wildman–Crippen MR) is 137 cm³/mol. The Bertz CT molecular complexity index is 1450. The number of rotatable bonds is 9. The number of carbonyl (C=O) groups is 2. The summed E-state index contributed by atoms with van der Waals surface area (Å²) < 4.78 is 106. The fourth-order valence-corrected chi connectivity index (χ4v) is 5.06. The number of aliphatic hydroxyl groups excluding tert-OH is 1. The van der Waals surface area contributed by atoms with Gasteiger partial charge in [0.05, 0.1) is 19.3 Å². The van der Waals surface area contributed by atoms with E-state index in [0.717, 1.165) is 23.8 Å². The fourth-order valence-electron chi connectivity index (χ4n) is 3.55. The van der Waals surface area contributed by atoms with Gasteiger partial charge < -0.3 is 35.1 Å². The zero-order valence-electron chi connectivity index (χ0n) is 23.3. The Balaban J connectivity index is 0.000000900. The van der Waals surface area contributed by atoms with Crippen LogP contribution in [0.4, 0.5) is 32.2 Å². The maximum Gasteiger partial charge on any atom is 0.490 e. The van der Waals surface area contributed by atoms with Crippen molar-refractivity contribution in [2.24, 2.45) is 0 Å². The average Bonchev–Trinajstić information content (AvgIpc) is 3.14. The van der Waals surface area contributed by atoms with Gasteiger partial charge in [-0.1, -0.05) is 0 Å². The van der Waals surface area contributed by atoms with Gasteiger partial charge in [-0.3, -0.25) is 13.9 Å². The van der Waals surface area contributed by atoms with Crippen LogP contribution in [0.5, 0.6) is 5.75 Å². The number of hydrogen-bond donors (Lipinski definition) is 5. The topological polar surface area (TPSA) is 222 Å². The van der Waals surface area contributed by atoms with Gasteiger partial charge >= 0.3 is 37.7 Å². The van der Waals surface area contributed by atoms with Crippen molar-refractivity contribution in [3.63, 3.8) is 0 Å². The molecule has 0 radical (unpaired) electrons. The van der Waals surface area contributed by atoms with E-state index >= 15 is 0 Å². The molecule has 1 unspecified atom stereocenters. The molecule has 6 N–H and O–H groups in total. The first kappa shape index (κ1) is 37.4. The number of nitrogens with two attached hydrogens (primary N) is 1. The summed E-state index contributed by atoms with van der Waals surface area (Å²) in [5.41, 5.74) is 1.55. The third-order valence-corrected chi connectivity index (χ3v) is 7.47. The lowest BCUT2D eigenvalue weighted by atomic mass is 9.96. The summed E-state index contributed by atoms with van der Waals surface area (Å²) >= 11 is 0. The van der Waals surface area contributed by atoms with Crippen molar-refractivity contribution in [1.29, 1.82) is 0 Å². The number of hydrogen-bond acceptors (Lipinski definition) is 12. The second-order valence-electron chi connectivity index (χ2n) is 9.32. The number of nitrogens with one attached hydrogen (secondary N) is 1. The van der Waals surface area contributed by atoms with Crippen LogP contribution in [0.25, 0.3) is 0 Å². The number of esters is 1. The van der Waals surface area contributed by atoms with Gasteiger partial charge in [0.25, 0.3) is 0 Å². The molecule has 2 heterocycles. The number of carboxylic acid groups (broad SMARTS) is 1. The zero-order chi connectivity index (χ0) is 34.5. The standard InChI is InChI=1S/C21H26F3N4O9P.C2HF3O2/c1-11(17(30)34-3)27-38(33,37-13-6-4-12(5-7-13)21(22,23)24)35-10-14-16(29)20(2,32)18(36-14)28-9-8-15(25)26-19(28)31;3-2(4,5)1(6)7/h4-9,11,14,16,18,29,32H,10H2,1-3H3,(H,27,33)(H2,25,26,31);(H,6,7)/t11-,14+,16+,18+,20+,38?;/m0./s1. The van der Waals surface area contributed by atoms with Gasteiger partial charge in [-0.25, -0.2) is 14.2 Å². The number of ether oxygens (including phenoxy) is 2. The molecule has 22 heteroatoms. The summed E-state index contributed by atoms with van der Waals surface area (Å²) in [6.07, 6.45) is -13.0. The maximum atomic E-state index is 13.5. The first-order valence-electron chi connectivity index (χ1n) is 12.2. The van der Waals surface area contributed by atoms with E-state index < -0.39 is 80.0 Å². The first-order valence-corrected chi connectivity index (χ1v) is 13.7. The molecular weight excluding hydrogens is 653 g/mol. The minimum absolute atomic E-state index is 0.0866. The van der Waals surface area contributed by atoms with Gasteiger partial charge in [-0.15, -0.1) is 0 Å². The number of nitrogens with zero attached hydrogens (tertiary/aromatic N) is 2. The van der Waals surface area contributed by atoms with Crippen LogP contribution in [0.15, 0.2) is 41.3 Å². The van der Waals surface area contributed by atoms with Crippen molar-refractivity contribution in [3.8, 4) is 5.75 Å². The minimum atomic E-state index is -5.08. The number of halogens is 6. The maximum absolute atomic E-state index is 13.5. The predicted octanol–water partition coefficient (Wildman–Crippen LogP) is 1.84. The lowest BCUT2D eigenvalue weighted by molar-refractivity contribution is -0.192. The Hall–Kier alpha value is -3.75. The number of nitrogen functional groups attached to an aromatic ring is 1. The molecular formula is C23H27F6N4O11P. The highest BCUT2D eigenvalue weighted by Gasteiger charge is 2.54. The summed E-state index contributed by atoms with van der Waals surface area (Å²) in [4.78, 5) is 36.5. The molecule has 3 rings (SSSR count). The summed E-state index contributed by atoms with van der Waals surface area (Å²) in [6.45, 7) is 1.73. The fraction of sp³-hybridized carbons (Fsp3) is 0.478. The highest BCUT2D eigenvalue weighted by molar-refractivity contribution is 7.52. The average molecular weight is 680 g/mol. The number of aromatic nitrogens is 2. The van der Waals surface area contributed by atoms with Crippen molar-refractivity contribution in [1.82, 2.24) is 14.6 Å². The summed E-state index contributed by atoms with van der Waals surface area (Å²) in [5.74, 6) is -4.01. The second-order valence-corrected chi connectivity index (χ2v) is 11.0. The number of aliphatic carboxylic acids is 1. The molecule has 1 saturated heterocycles. The number of carbonyl (C=O) groups excluding carboxylic acids is 1. The highest BCUT2D eigenvalue weighted by atomic mass is 31.2. The quantitative estimate of drug-likeness (QED) is 0.145.